The summed E-state index contributed by atoms with van der Waals surface area (Å²) in [4.78, 5) is 24.0. The number of amides is 1. The molecular weight excluding hydrogens is 358 g/mol. The molecule has 1 saturated carbocycles. The second kappa shape index (κ2) is 7.79. The average molecular weight is 383 g/mol. The highest BCUT2D eigenvalue weighted by Crippen LogP contribution is 2.28. The van der Waals surface area contributed by atoms with Crippen molar-refractivity contribution in [1.29, 1.82) is 0 Å². The first-order valence-corrected chi connectivity index (χ1v) is 10.4. The molecule has 1 aromatic heterocycles. The lowest BCUT2D eigenvalue weighted by atomic mass is 10.2. The summed E-state index contributed by atoms with van der Waals surface area (Å²) in [5.74, 6) is -0.526. The highest BCUT2D eigenvalue weighted by Gasteiger charge is 2.28. The number of hydrogen-bond donors (Lipinski definition) is 1. The van der Waals surface area contributed by atoms with Gasteiger partial charge in [0.25, 0.3) is 5.91 Å². The largest absolute Gasteiger partial charge is 0.464 e. The molecule has 2 heterocycles. The van der Waals surface area contributed by atoms with Crippen molar-refractivity contribution in [1.82, 2.24) is 14.2 Å². The van der Waals surface area contributed by atoms with Crippen LogP contribution in [0.5, 0.6) is 0 Å². The van der Waals surface area contributed by atoms with Crippen LogP contribution >= 0.6 is 0 Å². The van der Waals surface area contributed by atoms with Gasteiger partial charge in [-0.2, -0.15) is 4.31 Å². The van der Waals surface area contributed by atoms with E-state index < -0.39 is 21.9 Å². The third-order valence-electron chi connectivity index (χ3n) is 4.74. The first kappa shape index (κ1) is 18.9. The fourth-order valence-corrected chi connectivity index (χ4v) is 4.53. The summed E-state index contributed by atoms with van der Waals surface area (Å²) in [6, 6.07) is 1.36. The molecule has 8 nitrogen and oxygen atoms in total. The van der Waals surface area contributed by atoms with Gasteiger partial charge in [0.05, 0.1) is 6.61 Å². The van der Waals surface area contributed by atoms with Gasteiger partial charge in [-0.15, -0.1) is 0 Å². The van der Waals surface area contributed by atoms with Gasteiger partial charge in [0, 0.05) is 26.3 Å². The van der Waals surface area contributed by atoms with E-state index in [1.807, 2.05) is 0 Å². The molecule has 0 unspecified atom stereocenters. The molecule has 0 spiro atoms. The lowest BCUT2D eigenvalue weighted by Gasteiger charge is -2.25. The van der Waals surface area contributed by atoms with Crippen LogP contribution in [0.4, 0.5) is 0 Å². The van der Waals surface area contributed by atoms with Gasteiger partial charge >= 0.3 is 5.97 Å². The average Bonchev–Trinajstić information content (AvgIpc) is 3.38. The number of hydrogen-bond acceptors (Lipinski definition) is 5. The van der Waals surface area contributed by atoms with E-state index in [-0.39, 0.29) is 17.1 Å². The summed E-state index contributed by atoms with van der Waals surface area (Å²) in [6.07, 6.45) is 6.33. The van der Waals surface area contributed by atoms with Crippen molar-refractivity contribution in [3.8, 4) is 0 Å². The van der Waals surface area contributed by atoms with Gasteiger partial charge in [0.2, 0.25) is 10.0 Å². The Labute approximate surface area is 153 Å². The molecule has 2 fully saturated rings. The fourth-order valence-electron chi connectivity index (χ4n) is 2.94. The standard InChI is InChI=1S/C17H25N3O5S/c1-19-11-14(26(23,24)20-7-3-2-4-8-20)9-15(19)17(22)18-10-16(21)25-12-13-5-6-13/h9,11,13H,2-8,10,12H2,1H3,(H,18,22). The molecule has 0 aromatic carbocycles. The predicted octanol–water partition coefficient (Wildman–Crippen LogP) is 0.883. The Morgan fingerprint density at radius 1 is 1.23 bits per heavy atom. The molecule has 3 rings (SSSR count). The number of piperidine rings is 1. The van der Waals surface area contributed by atoms with Crippen LogP contribution in [0.1, 0.15) is 42.6 Å². The minimum absolute atomic E-state index is 0.100. The van der Waals surface area contributed by atoms with E-state index in [2.05, 4.69) is 5.32 Å². The first-order valence-electron chi connectivity index (χ1n) is 8.98. The Bertz CT molecular complexity index is 776. The molecule has 1 N–H and O–H groups in total. The number of carbonyl (C=O) groups excluding carboxylic acids is 2. The molecule has 26 heavy (non-hydrogen) atoms. The smallest absolute Gasteiger partial charge is 0.325 e. The van der Waals surface area contributed by atoms with E-state index in [1.54, 1.807) is 7.05 Å². The van der Waals surface area contributed by atoms with Crippen molar-refractivity contribution < 1.29 is 22.7 Å². The molecule has 1 aliphatic carbocycles. The van der Waals surface area contributed by atoms with Crippen molar-refractivity contribution in [3.05, 3.63) is 18.0 Å². The Kier molecular flexibility index (Phi) is 5.67. The summed E-state index contributed by atoms with van der Waals surface area (Å²) < 4.78 is 33.4. The van der Waals surface area contributed by atoms with Crippen LogP contribution in [0.3, 0.4) is 0 Å². The van der Waals surface area contributed by atoms with Crippen LogP contribution in [0, 0.1) is 5.92 Å². The zero-order valence-corrected chi connectivity index (χ0v) is 15.8. The van der Waals surface area contributed by atoms with E-state index in [9.17, 15) is 18.0 Å². The number of carbonyl (C=O) groups is 2. The predicted molar refractivity (Wildman–Crippen MR) is 94.0 cm³/mol. The SMILES string of the molecule is Cn1cc(S(=O)(=O)N2CCCCC2)cc1C(=O)NCC(=O)OCC1CC1. The summed E-state index contributed by atoms with van der Waals surface area (Å²) in [5.41, 5.74) is 0.190. The van der Waals surface area contributed by atoms with Crippen molar-refractivity contribution in [2.75, 3.05) is 26.2 Å². The van der Waals surface area contributed by atoms with E-state index in [4.69, 9.17) is 4.74 Å². The number of nitrogens with zero attached hydrogens (tertiary/aromatic N) is 2. The van der Waals surface area contributed by atoms with Crippen LogP contribution in [0.25, 0.3) is 0 Å². The van der Waals surface area contributed by atoms with Crippen LogP contribution < -0.4 is 5.32 Å². The molecule has 0 bridgehead atoms. The molecule has 9 heteroatoms. The van der Waals surface area contributed by atoms with Crippen LogP contribution in [-0.2, 0) is 26.6 Å². The quantitative estimate of drug-likeness (QED) is 0.705. The Morgan fingerprint density at radius 2 is 1.92 bits per heavy atom. The topological polar surface area (TPSA) is 97.7 Å². The van der Waals surface area contributed by atoms with E-state index in [0.29, 0.717) is 25.6 Å². The molecule has 1 amide bonds. The monoisotopic (exact) mass is 383 g/mol. The van der Waals surface area contributed by atoms with Crippen LogP contribution in [0.2, 0.25) is 0 Å². The molecule has 1 aromatic rings. The third-order valence-corrected chi connectivity index (χ3v) is 6.60. The Morgan fingerprint density at radius 3 is 2.58 bits per heavy atom. The number of esters is 1. The molecule has 144 valence electrons. The van der Waals surface area contributed by atoms with Crippen molar-refractivity contribution in [3.63, 3.8) is 0 Å². The maximum absolute atomic E-state index is 12.7. The number of ether oxygens (including phenoxy) is 1. The van der Waals surface area contributed by atoms with Crippen molar-refractivity contribution in [2.24, 2.45) is 13.0 Å². The summed E-state index contributed by atoms with van der Waals surface area (Å²) in [7, 11) is -1.99. The fraction of sp³-hybridized carbons (Fsp3) is 0.647. The zero-order chi connectivity index (χ0) is 18.7. The molecule has 2 aliphatic rings. The molecule has 0 radical (unpaired) electrons. The van der Waals surface area contributed by atoms with E-state index in [0.717, 1.165) is 32.1 Å². The van der Waals surface area contributed by atoms with Gasteiger partial charge in [-0.25, -0.2) is 8.42 Å². The molecular formula is C17H25N3O5S. The van der Waals surface area contributed by atoms with E-state index >= 15 is 0 Å². The summed E-state index contributed by atoms with van der Waals surface area (Å²) in [5, 5.41) is 2.49. The maximum Gasteiger partial charge on any atom is 0.325 e. The normalized spacial score (nSPS) is 18.5. The number of rotatable bonds is 7. The maximum atomic E-state index is 12.7. The lowest BCUT2D eigenvalue weighted by Crippen LogP contribution is -2.35. The molecule has 1 aliphatic heterocycles. The second-order valence-electron chi connectivity index (χ2n) is 6.95. The molecule has 1 saturated heterocycles. The summed E-state index contributed by atoms with van der Waals surface area (Å²) >= 11 is 0. The van der Waals surface area contributed by atoms with Gasteiger partial charge in [-0.1, -0.05) is 6.42 Å². The number of aromatic nitrogens is 1. The third kappa shape index (κ3) is 4.45. The van der Waals surface area contributed by atoms with Gasteiger partial charge in [-0.3, -0.25) is 9.59 Å². The van der Waals surface area contributed by atoms with E-state index in [1.165, 1.54) is 21.1 Å². The Balaban J connectivity index is 1.61. The van der Waals surface area contributed by atoms with Gasteiger partial charge in [0.15, 0.2) is 0 Å². The van der Waals surface area contributed by atoms with Gasteiger partial charge in [0.1, 0.15) is 17.1 Å². The highest BCUT2D eigenvalue weighted by molar-refractivity contribution is 7.89. The van der Waals surface area contributed by atoms with Crippen LogP contribution in [0.15, 0.2) is 17.2 Å². The minimum Gasteiger partial charge on any atom is -0.464 e. The number of nitrogens with one attached hydrogen (secondary N) is 1. The number of aryl methyl sites for hydroxylation is 1. The first-order chi connectivity index (χ1) is 12.4. The minimum atomic E-state index is -3.60. The Hall–Kier alpha value is -1.87. The summed E-state index contributed by atoms with van der Waals surface area (Å²) in [6.45, 7) is 1.18. The van der Waals surface area contributed by atoms with Gasteiger partial charge in [-0.05, 0) is 37.7 Å². The zero-order valence-electron chi connectivity index (χ0n) is 14.9. The lowest BCUT2D eigenvalue weighted by molar-refractivity contribution is -0.142. The highest BCUT2D eigenvalue weighted by atomic mass is 32.2. The van der Waals surface area contributed by atoms with Gasteiger partial charge < -0.3 is 14.6 Å². The molecule has 0 atom stereocenters. The van der Waals surface area contributed by atoms with Crippen molar-refractivity contribution >= 4 is 21.9 Å². The number of sulfonamides is 1. The second-order valence-corrected chi connectivity index (χ2v) is 8.88. The van der Waals surface area contributed by atoms with Crippen molar-refractivity contribution in [2.45, 2.75) is 37.0 Å². The van der Waals surface area contributed by atoms with Crippen LogP contribution in [-0.4, -0.2) is 55.4 Å².